The standard InChI is InChI=1S/C24H19N3O/c25-15-17-7-1-2-8-19(17)21-10-3-4-11-22(21)24(28)26-14-13-18-16-27-23-12-6-5-9-20(18)23/h1-12,16,27H,13-14H2,(H,26,28). The van der Waals surface area contributed by atoms with Crippen LogP contribution in [-0.4, -0.2) is 17.4 Å². The van der Waals surface area contributed by atoms with Crippen molar-refractivity contribution < 1.29 is 4.79 Å². The molecule has 0 aliphatic carbocycles. The molecule has 0 saturated heterocycles. The highest BCUT2D eigenvalue weighted by Crippen LogP contribution is 2.27. The second-order valence-electron chi connectivity index (χ2n) is 6.57. The van der Waals surface area contributed by atoms with Crippen molar-refractivity contribution in [3.05, 3.63) is 95.7 Å². The Balaban J connectivity index is 1.52. The summed E-state index contributed by atoms with van der Waals surface area (Å²) in [5, 5.41) is 13.6. The summed E-state index contributed by atoms with van der Waals surface area (Å²) in [4.78, 5) is 16.1. The van der Waals surface area contributed by atoms with Gasteiger partial charge in [0.15, 0.2) is 0 Å². The minimum atomic E-state index is -0.136. The molecule has 0 spiro atoms. The van der Waals surface area contributed by atoms with Crippen molar-refractivity contribution in [2.24, 2.45) is 0 Å². The van der Waals surface area contributed by atoms with Crippen molar-refractivity contribution >= 4 is 16.8 Å². The van der Waals surface area contributed by atoms with Crippen LogP contribution in [0.3, 0.4) is 0 Å². The quantitative estimate of drug-likeness (QED) is 0.539. The molecule has 136 valence electrons. The molecule has 4 rings (SSSR count). The molecule has 3 aromatic carbocycles. The third-order valence-corrected chi connectivity index (χ3v) is 4.86. The van der Waals surface area contributed by atoms with E-state index < -0.39 is 0 Å². The number of nitrogens with zero attached hydrogens (tertiary/aromatic N) is 1. The average Bonchev–Trinajstić information content (AvgIpc) is 3.17. The maximum atomic E-state index is 12.8. The van der Waals surface area contributed by atoms with Crippen LogP contribution in [0.2, 0.25) is 0 Å². The first-order chi connectivity index (χ1) is 13.8. The van der Waals surface area contributed by atoms with Gasteiger partial charge in [0.1, 0.15) is 0 Å². The van der Waals surface area contributed by atoms with Gasteiger partial charge in [0, 0.05) is 34.8 Å². The van der Waals surface area contributed by atoms with Gasteiger partial charge in [0.2, 0.25) is 0 Å². The molecule has 0 atom stereocenters. The maximum absolute atomic E-state index is 12.8. The number of carbonyl (C=O) groups excluding carboxylic acids is 1. The Labute approximate surface area is 163 Å². The van der Waals surface area contributed by atoms with Gasteiger partial charge in [-0.05, 0) is 35.7 Å². The zero-order chi connectivity index (χ0) is 19.3. The fraction of sp³-hybridized carbons (Fsp3) is 0.0833. The Morgan fingerprint density at radius 1 is 0.929 bits per heavy atom. The molecule has 28 heavy (non-hydrogen) atoms. The molecule has 1 heterocycles. The molecule has 0 aliphatic rings. The molecule has 0 unspecified atom stereocenters. The molecule has 1 amide bonds. The Bertz CT molecular complexity index is 1180. The number of hydrogen-bond acceptors (Lipinski definition) is 2. The van der Waals surface area contributed by atoms with Gasteiger partial charge in [0.25, 0.3) is 5.91 Å². The molecule has 0 fully saturated rings. The second-order valence-corrected chi connectivity index (χ2v) is 6.57. The van der Waals surface area contributed by atoms with E-state index in [1.807, 2.05) is 60.8 Å². The lowest BCUT2D eigenvalue weighted by Crippen LogP contribution is -2.26. The summed E-state index contributed by atoms with van der Waals surface area (Å²) >= 11 is 0. The van der Waals surface area contributed by atoms with Gasteiger partial charge in [-0.3, -0.25) is 4.79 Å². The highest BCUT2D eigenvalue weighted by Gasteiger charge is 2.14. The maximum Gasteiger partial charge on any atom is 0.251 e. The molecular weight excluding hydrogens is 346 g/mol. The summed E-state index contributed by atoms with van der Waals surface area (Å²) in [5.41, 5.74) is 4.95. The number of aromatic nitrogens is 1. The molecule has 4 aromatic rings. The number of nitrogens with one attached hydrogen (secondary N) is 2. The lowest BCUT2D eigenvalue weighted by molar-refractivity contribution is 0.0955. The molecule has 2 N–H and O–H groups in total. The number of H-pyrrole nitrogens is 1. The Morgan fingerprint density at radius 2 is 1.64 bits per heavy atom. The molecule has 4 heteroatoms. The predicted molar refractivity (Wildman–Crippen MR) is 111 cm³/mol. The van der Waals surface area contributed by atoms with Crippen LogP contribution in [-0.2, 0) is 6.42 Å². The summed E-state index contributed by atoms with van der Waals surface area (Å²) in [5.74, 6) is -0.136. The van der Waals surface area contributed by atoms with Crippen molar-refractivity contribution in [2.45, 2.75) is 6.42 Å². The summed E-state index contributed by atoms with van der Waals surface area (Å²) < 4.78 is 0. The second kappa shape index (κ2) is 7.81. The largest absolute Gasteiger partial charge is 0.361 e. The van der Waals surface area contributed by atoms with Crippen LogP contribution in [0.1, 0.15) is 21.5 Å². The van der Waals surface area contributed by atoms with Crippen LogP contribution in [0.25, 0.3) is 22.0 Å². The minimum Gasteiger partial charge on any atom is -0.361 e. The van der Waals surface area contributed by atoms with Crippen LogP contribution >= 0.6 is 0 Å². The molecule has 0 aliphatic heterocycles. The van der Waals surface area contributed by atoms with Crippen LogP contribution < -0.4 is 5.32 Å². The number of amides is 1. The number of benzene rings is 3. The van der Waals surface area contributed by atoms with Crippen LogP contribution in [0.15, 0.2) is 79.0 Å². The summed E-state index contributed by atoms with van der Waals surface area (Å²) in [6, 6.07) is 25.1. The molecule has 0 radical (unpaired) electrons. The third kappa shape index (κ3) is 3.38. The number of para-hydroxylation sites is 1. The summed E-state index contributed by atoms with van der Waals surface area (Å²) in [7, 11) is 0. The SMILES string of the molecule is N#Cc1ccccc1-c1ccccc1C(=O)NCCc1c[nH]c2ccccc12. The predicted octanol–water partition coefficient (Wildman–Crippen LogP) is 4.68. The van der Waals surface area contributed by atoms with Crippen LogP contribution in [0, 0.1) is 11.3 Å². The molecule has 4 nitrogen and oxygen atoms in total. The highest BCUT2D eigenvalue weighted by molar-refractivity contribution is 6.01. The Morgan fingerprint density at radius 3 is 2.50 bits per heavy atom. The number of nitriles is 1. The van der Waals surface area contributed by atoms with Crippen LogP contribution in [0.5, 0.6) is 0 Å². The topological polar surface area (TPSA) is 68.7 Å². The van der Waals surface area contributed by atoms with E-state index in [0.717, 1.165) is 23.1 Å². The molecule has 0 bridgehead atoms. The minimum absolute atomic E-state index is 0.136. The fourth-order valence-corrected chi connectivity index (χ4v) is 3.48. The monoisotopic (exact) mass is 365 g/mol. The van der Waals surface area contributed by atoms with Gasteiger partial charge in [-0.15, -0.1) is 0 Å². The number of carbonyl (C=O) groups is 1. The smallest absolute Gasteiger partial charge is 0.251 e. The molecular formula is C24H19N3O. The van der Waals surface area contributed by atoms with Crippen molar-refractivity contribution in [1.82, 2.24) is 10.3 Å². The van der Waals surface area contributed by atoms with Crippen molar-refractivity contribution in [1.29, 1.82) is 5.26 Å². The highest BCUT2D eigenvalue weighted by atomic mass is 16.1. The third-order valence-electron chi connectivity index (χ3n) is 4.86. The lowest BCUT2D eigenvalue weighted by Gasteiger charge is -2.11. The van der Waals surface area contributed by atoms with Crippen molar-refractivity contribution in [2.75, 3.05) is 6.54 Å². The average molecular weight is 365 g/mol. The van der Waals surface area contributed by atoms with Gasteiger partial charge in [-0.25, -0.2) is 0 Å². The fourth-order valence-electron chi connectivity index (χ4n) is 3.48. The Hall–Kier alpha value is -3.84. The van der Waals surface area contributed by atoms with E-state index in [0.29, 0.717) is 17.7 Å². The van der Waals surface area contributed by atoms with Gasteiger partial charge in [-0.2, -0.15) is 5.26 Å². The van der Waals surface area contributed by atoms with E-state index in [2.05, 4.69) is 22.4 Å². The number of hydrogen-bond donors (Lipinski definition) is 2. The molecule has 0 saturated carbocycles. The zero-order valence-electron chi connectivity index (χ0n) is 15.3. The summed E-state index contributed by atoms with van der Waals surface area (Å²) in [6.45, 7) is 0.537. The van der Waals surface area contributed by atoms with E-state index in [-0.39, 0.29) is 5.91 Å². The number of aromatic amines is 1. The number of rotatable bonds is 5. The lowest BCUT2D eigenvalue weighted by atomic mass is 9.95. The van der Waals surface area contributed by atoms with Gasteiger partial charge in [0.05, 0.1) is 11.6 Å². The first kappa shape index (κ1) is 17.6. The Kier molecular flexibility index (Phi) is 4.90. The van der Waals surface area contributed by atoms with E-state index in [4.69, 9.17) is 0 Å². The number of fused-ring (bicyclic) bond motifs is 1. The van der Waals surface area contributed by atoms with Crippen LogP contribution in [0.4, 0.5) is 0 Å². The molecule has 1 aromatic heterocycles. The first-order valence-electron chi connectivity index (χ1n) is 9.19. The van der Waals surface area contributed by atoms with Crippen molar-refractivity contribution in [3.63, 3.8) is 0 Å². The zero-order valence-corrected chi connectivity index (χ0v) is 15.3. The van der Waals surface area contributed by atoms with Gasteiger partial charge < -0.3 is 10.3 Å². The van der Waals surface area contributed by atoms with Gasteiger partial charge in [-0.1, -0.05) is 54.6 Å². The van der Waals surface area contributed by atoms with E-state index in [1.165, 1.54) is 10.9 Å². The van der Waals surface area contributed by atoms with E-state index in [1.54, 1.807) is 12.1 Å². The van der Waals surface area contributed by atoms with Crippen molar-refractivity contribution in [3.8, 4) is 17.2 Å². The van der Waals surface area contributed by atoms with E-state index >= 15 is 0 Å². The summed E-state index contributed by atoms with van der Waals surface area (Å²) in [6.07, 6.45) is 2.74. The van der Waals surface area contributed by atoms with E-state index in [9.17, 15) is 10.1 Å². The normalized spacial score (nSPS) is 10.5. The first-order valence-corrected chi connectivity index (χ1v) is 9.19. The van der Waals surface area contributed by atoms with Gasteiger partial charge >= 0.3 is 0 Å².